The van der Waals surface area contributed by atoms with Gasteiger partial charge >= 0.3 is 0 Å². The fraction of sp³-hybridized carbons (Fsp3) is 0.600. The molecule has 0 radical (unpaired) electrons. The summed E-state index contributed by atoms with van der Waals surface area (Å²) in [7, 11) is 0. The Labute approximate surface area is 76.5 Å². The average molecular weight is 213 g/mol. The van der Waals surface area contributed by atoms with Gasteiger partial charge in [0.05, 0.1) is 0 Å². The van der Waals surface area contributed by atoms with Crippen LogP contribution >= 0.6 is 15.9 Å². The Morgan fingerprint density at radius 1 is 1.45 bits per heavy atom. The molecular formula is C10H13Br. The molecule has 2 bridgehead atoms. The van der Waals surface area contributed by atoms with E-state index < -0.39 is 0 Å². The Bertz CT molecular complexity index is 205. The first kappa shape index (κ1) is 7.60. The van der Waals surface area contributed by atoms with Gasteiger partial charge in [-0.3, -0.25) is 0 Å². The number of halogens is 1. The minimum absolute atomic E-state index is 0.782. The minimum atomic E-state index is 0.782. The Morgan fingerprint density at radius 3 is 2.73 bits per heavy atom. The molecule has 0 spiro atoms. The predicted molar refractivity (Wildman–Crippen MR) is 51.8 cm³/mol. The highest BCUT2D eigenvalue weighted by Crippen LogP contribution is 2.46. The van der Waals surface area contributed by atoms with Gasteiger partial charge in [-0.05, 0) is 30.6 Å². The topological polar surface area (TPSA) is 0 Å². The van der Waals surface area contributed by atoms with E-state index in [1.165, 1.54) is 18.4 Å². The van der Waals surface area contributed by atoms with Crippen molar-refractivity contribution in [3.05, 3.63) is 24.3 Å². The zero-order valence-corrected chi connectivity index (χ0v) is 8.18. The van der Waals surface area contributed by atoms with E-state index in [2.05, 4.69) is 34.7 Å². The van der Waals surface area contributed by atoms with Gasteiger partial charge in [0, 0.05) is 5.33 Å². The molecule has 1 heteroatoms. The Kier molecular flexibility index (Phi) is 1.92. The predicted octanol–water partition coefficient (Wildman–Crippen LogP) is 3.15. The second-order valence-electron chi connectivity index (χ2n) is 3.68. The first-order valence-corrected chi connectivity index (χ1v) is 5.35. The Morgan fingerprint density at radius 2 is 2.27 bits per heavy atom. The van der Waals surface area contributed by atoms with Crippen molar-refractivity contribution in [2.45, 2.75) is 12.8 Å². The fourth-order valence-electron chi connectivity index (χ4n) is 2.35. The molecule has 2 aliphatic rings. The molecule has 0 aliphatic heterocycles. The van der Waals surface area contributed by atoms with Crippen LogP contribution in [-0.2, 0) is 0 Å². The highest BCUT2D eigenvalue weighted by Gasteiger charge is 2.36. The van der Waals surface area contributed by atoms with E-state index in [-0.39, 0.29) is 0 Å². The minimum Gasteiger partial charge on any atom is -0.0987 e. The van der Waals surface area contributed by atoms with Gasteiger partial charge in [-0.2, -0.15) is 0 Å². The molecule has 2 rings (SSSR count). The molecular weight excluding hydrogens is 200 g/mol. The van der Waals surface area contributed by atoms with Gasteiger partial charge in [0.1, 0.15) is 0 Å². The van der Waals surface area contributed by atoms with Crippen LogP contribution in [0.4, 0.5) is 0 Å². The van der Waals surface area contributed by atoms with Gasteiger partial charge in [0.2, 0.25) is 0 Å². The summed E-state index contributed by atoms with van der Waals surface area (Å²) in [4.78, 5) is 0. The maximum absolute atomic E-state index is 4.09. The Balaban J connectivity index is 2.08. The third-order valence-electron chi connectivity index (χ3n) is 2.97. The number of allylic oxidation sites excluding steroid dienone is 3. The lowest BCUT2D eigenvalue weighted by atomic mass is 9.88. The molecule has 0 saturated heterocycles. The molecule has 0 aromatic rings. The second-order valence-corrected chi connectivity index (χ2v) is 4.24. The van der Waals surface area contributed by atoms with E-state index >= 15 is 0 Å². The number of hydrogen-bond acceptors (Lipinski definition) is 0. The fourth-order valence-corrected chi connectivity index (χ4v) is 2.77. The van der Waals surface area contributed by atoms with E-state index in [0.717, 1.165) is 23.1 Å². The molecule has 0 aromatic carbocycles. The first-order valence-electron chi connectivity index (χ1n) is 4.23. The van der Waals surface area contributed by atoms with Crippen molar-refractivity contribution < 1.29 is 0 Å². The molecule has 11 heavy (non-hydrogen) atoms. The lowest BCUT2D eigenvalue weighted by Gasteiger charge is -2.18. The quantitative estimate of drug-likeness (QED) is 0.488. The Hall–Kier alpha value is -0.0400. The van der Waals surface area contributed by atoms with Crippen molar-refractivity contribution >= 4 is 15.9 Å². The third kappa shape index (κ3) is 1.20. The van der Waals surface area contributed by atoms with Crippen LogP contribution < -0.4 is 0 Å². The molecule has 60 valence electrons. The van der Waals surface area contributed by atoms with Crippen LogP contribution in [0.2, 0.25) is 0 Å². The smallest absolute Gasteiger partial charge is 0.0242 e. The van der Waals surface area contributed by atoms with Gasteiger partial charge < -0.3 is 0 Å². The van der Waals surface area contributed by atoms with Gasteiger partial charge in [0.25, 0.3) is 0 Å². The number of hydrogen-bond donors (Lipinski definition) is 0. The van der Waals surface area contributed by atoms with Crippen molar-refractivity contribution in [3.8, 4) is 0 Å². The van der Waals surface area contributed by atoms with Crippen LogP contribution in [0.15, 0.2) is 24.3 Å². The third-order valence-corrected chi connectivity index (χ3v) is 3.70. The van der Waals surface area contributed by atoms with Gasteiger partial charge in [-0.1, -0.05) is 40.2 Å². The summed E-state index contributed by atoms with van der Waals surface area (Å²) in [6.45, 7) is 4.09. The zero-order valence-electron chi connectivity index (χ0n) is 6.59. The average Bonchev–Trinajstić information content (AvgIpc) is 2.62. The molecule has 0 amide bonds. The van der Waals surface area contributed by atoms with Crippen LogP contribution in [0.1, 0.15) is 12.8 Å². The molecule has 3 atom stereocenters. The summed E-state index contributed by atoms with van der Waals surface area (Å²) in [6.07, 6.45) is 7.50. The monoisotopic (exact) mass is 212 g/mol. The number of rotatable bonds is 2. The molecule has 2 aliphatic carbocycles. The second kappa shape index (κ2) is 2.78. The molecule has 1 fully saturated rings. The summed E-state index contributed by atoms with van der Waals surface area (Å²) in [5.41, 5.74) is 1.39. The maximum atomic E-state index is 4.09. The molecule has 0 heterocycles. The molecule has 1 saturated carbocycles. The van der Waals surface area contributed by atoms with Crippen molar-refractivity contribution in [1.82, 2.24) is 0 Å². The van der Waals surface area contributed by atoms with E-state index in [4.69, 9.17) is 0 Å². The zero-order chi connectivity index (χ0) is 7.84. The van der Waals surface area contributed by atoms with Gasteiger partial charge in [-0.25, -0.2) is 0 Å². The van der Waals surface area contributed by atoms with Crippen LogP contribution in [0, 0.1) is 17.8 Å². The van der Waals surface area contributed by atoms with Crippen molar-refractivity contribution in [2.24, 2.45) is 17.8 Å². The maximum Gasteiger partial charge on any atom is 0.0242 e. The number of alkyl halides is 1. The molecule has 0 aromatic heterocycles. The van der Waals surface area contributed by atoms with Gasteiger partial charge in [-0.15, -0.1) is 0 Å². The summed E-state index contributed by atoms with van der Waals surface area (Å²) >= 11 is 3.47. The van der Waals surface area contributed by atoms with Crippen LogP contribution in [0.3, 0.4) is 0 Å². The molecule has 0 nitrogen and oxygen atoms in total. The van der Waals surface area contributed by atoms with Crippen molar-refractivity contribution in [2.75, 3.05) is 5.33 Å². The molecule has 0 N–H and O–H groups in total. The lowest BCUT2D eigenvalue weighted by Crippen LogP contribution is -2.09. The van der Waals surface area contributed by atoms with E-state index in [1.807, 2.05) is 0 Å². The lowest BCUT2D eigenvalue weighted by molar-refractivity contribution is 0.524. The van der Waals surface area contributed by atoms with E-state index in [9.17, 15) is 0 Å². The highest BCUT2D eigenvalue weighted by molar-refractivity contribution is 9.09. The van der Waals surface area contributed by atoms with Crippen LogP contribution in [0.5, 0.6) is 0 Å². The summed E-state index contributed by atoms with van der Waals surface area (Å²) < 4.78 is 0. The van der Waals surface area contributed by atoms with Gasteiger partial charge in [0.15, 0.2) is 0 Å². The highest BCUT2D eigenvalue weighted by atomic mass is 79.9. The summed E-state index contributed by atoms with van der Waals surface area (Å²) in [6, 6.07) is 0. The van der Waals surface area contributed by atoms with Crippen molar-refractivity contribution in [3.63, 3.8) is 0 Å². The van der Waals surface area contributed by atoms with E-state index in [0.29, 0.717) is 0 Å². The normalized spacial score (nSPS) is 39.9. The van der Waals surface area contributed by atoms with E-state index in [1.54, 1.807) is 0 Å². The van der Waals surface area contributed by atoms with Crippen LogP contribution in [-0.4, -0.2) is 5.33 Å². The van der Waals surface area contributed by atoms with Crippen molar-refractivity contribution in [1.29, 1.82) is 0 Å². The standard InChI is InChI=1S/C10H13Br/c1-7(6-11)10-5-8-2-3-9(10)4-8/h2-3,8-10H,1,4-6H2. The SMILES string of the molecule is C=C(CBr)C1CC2C=CC1C2. The number of fused-ring (bicyclic) bond motifs is 2. The summed E-state index contributed by atoms with van der Waals surface area (Å²) in [5, 5.41) is 0.981. The first-order chi connectivity index (χ1) is 5.31. The largest absolute Gasteiger partial charge is 0.0987 e. The summed E-state index contributed by atoms with van der Waals surface area (Å²) in [5.74, 6) is 2.48. The van der Waals surface area contributed by atoms with Crippen LogP contribution in [0.25, 0.3) is 0 Å². The molecule has 3 unspecified atom stereocenters.